The van der Waals surface area contributed by atoms with Gasteiger partial charge in [-0.15, -0.1) is 0 Å². The molecule has 0 radical (unpaired) electrons. The molecular weight excluding hydrogens is 398 g/mol. The molecule has 29 heavy (non-hydrogen) atoms. The van der Waals surface area contributed by atoms with E-state index in [2.05, 4.69) is 5.32 Å². The maximum atomic E-state index is 12.9. The number of non-ortho nitro benzene ring substituents is 1. The van der Waals surface area contributed by atoms with E-state index in [1.807, 2.05) is 6.92 Å². The highest BCUT2D eigenvalue weighted by molar-refractivity contribution is 7.80. The normalized spacial score (nSPS) is 17.7. The van der Waals surface area contributed by atoms with E-state index in [1.54, 1.807) is 31.1 Å². The van der Waals surface area contributed by atoms with Gasteiger partial charge in [-0.3, -0.25) is 10.1 Å². The molecule has 1 heterocycles. The van der Waals surface area contributed by atoms with Gasteiger partial charge in [0.1, 0.15) is 6.61 Å². The summed E-state index contributed by atoms with van der Waals surface area (Å²) in [6.07, 6.45) is 0. The van der Waals surface area contributed by atoms with Crippen LogP contribution >= 0.6 is 12.2 Å². The van der Waals surface area contributed by atoms with E-state index in [0.29, 0.717) is 28.6 Å². The Balaban J connectivity index is 2.51. The number of carbonyl (C=O) groups excluding carboxylic acids is 1. The molecule has 2 rings (SSSR count). The molecule has 0 amide bonds. The average Bonchev–Trinajstić information content (AvgIpc) is 2.67. The number of benzene rings is 1. The van der Waals surface area contributed by atoms with Gasteiger partial charge in [-0.25, -0.2) is 4.79 Å². The van der Waals surface area contributed by atoms with Crippen molar-refractivity contribution in [3.05, 3.63) is 51.2 Å². The molecule has 10 heteroatoms. The zero-order valence-corrected chi connectivity index (χ0v) is 17.7. The first-order chi connectivity index (χ1) is 13.8. The number of esters is 1. The van der Waals surface area contributed by atoms with Gasteiger partial charge >= 0.3 is 5.97 Å². The summed E-state index contributed by atoms with van der Waals surface area (Å²) in [5, 5.41) is 14.7. The van der Waals surface area contributed by atoms with Gasteiger partial charge in [0.15, 0.2) is 5.11 Å². The first-order valence-corrected chi connectivity index (χ1v) is 9.42. The third kappa shape index (κ3) is 5.28. The zero-order chi connectivity index (χ0) is 21.6. The lowest BCUT2D eigenvalue weighted by atomic mass is 9.94. The van der Waals surface area contributed by atoms with Crippen molar-refractivity contribution in [3.8, 4) is 0 Å². The number of hydrogen-bond acceptors (Lipinski definition) is 7. The van der Waals surface area contributed by atoms with Crippen LogP contribution in [-0.2, 0) is 19.0 Å². The number of allylic oxidation sites excluding steroid dienone is 1. The Bertz CT molecular complexity index is 813. The van der Waals surface area contributed by atoms with Crippen LogP contribution in [-0.4, -0.2) is 61.0 Å². The average molecular weight is 423 g/mol. The van der Waals surface area contributed by atoms with Crippen LogP contribution in [0, 0.1) is 10.1 Å². The van der Waals surface area contributed by atoms with Gasteiger partial charge in [-0.05, 0) is 31.6 Å². The minimum Gasteiger partial charge on any atom is -0.460 e. The third-order valence-corrected chi connectivity index (χ3v) is 4.84. The molecule has 1 aromatic rings. The van der Waals surface area contributed by atoms with E-state index in [4.69, 9.17) is 26.4 Å². The number of hydrogen-bond donors (Lipinski definition) is 1. The van der Waals surface area contributed by atoms with Gasteiger partial charge in [0, 0.05) is 32.0 Å². The molecule has 9 nitrogen and oxygen atoms in total. The fraction of sp³-hybridized carbons (Fsp3) is 0.474. The summed E-state index contributed by atoms with van der Waals surface area (Å²) in [7, 11) is 3.10. The molecule has 0 aliphatic carbocycles. The van der Waals surface area contributed by atoms with Crippen molar-refractivity contribution >= 4 is 29.0 Å². The molecule has 1 aromatic carbocycles. The van der Waals surface area contributed by atoms with Crippen molar-refractivity contribution in [3.63, 3.8) is 0 Å². The highest BCUT2D eigenvalue weighted by Gasteiger charge is 2.37. The van der Waals surface area contributed by atoms with Gasteiger partial charge in [0.2, 0.25) is 0 Å². The molecule has 0 unspecified atom stereocenters. The molecule has 158 valence electrons. The molecular formula is C19H25N3O6S. The van der Waals surface area contributed by atoms with Gasteiger partial charge in [-0.1, -0.05) is 12.1 Å². The summed E-state index contributed by atoms with van der Waals surface area (Å²) in [5.74, 6) is -0.541. The molecule has 0 aromatic heterocycles. The lowest BCUT2D eigenvalue weighted by Gasteiger charge is -2.40. The summed E-state index contributed by atoms with van der Waals surface area (Å²) >= 11 is 5.52. The molecule has 1 N–H and O–H groups in total. The predicted molar refractivity (Wildman–Crippen MR) is 110 cm³/mol. The van der Waals surface area contributed by atoms with Crippen molar-refractivity contribution in [2.24, 2.45) is 0 Å². The maximum absolute atomic E-state index is 12.9. The number of nitro benzene ring substituents is 1. The van der Waals surface area contributed by atoms with Crippen LogP contribution in [0.4, 0.5) is 5.69 Å². The zero-order valence-electron chi connectivity index (χ0n) is 16.8. The van der Waals surface area contributed by atoms with Gasteiger partial charge in [0.25, 0.3) is 5.69 Å². The van der Waals surface area contributed by atoms with Crippen LogP contribution in [0.5, 0.6) is 0 Å². The maximum Gasteiger partial charge on any atom is 0.338 e. The Labute approximate surface area is 174 Å². The van der Waals surface area contributed by atoms with Crippen LogP contribution in [0.25, 0.3) is 0 Å². The Morgan fingerprint density at radius 2 is 2.07 bits per heavy atom. The highest BCUT2D eigenvalue weighted by Crippen LogP contribution is 2.33. The van der Waals surface area contributed by atoms with Crippen molar-refractivity contribution in [1.29, 1.82) is 0 Å². The molecule has 0 bridgehead atoms. The van der Waals surface area contributed by atoms with Gasteiger partial charge < -0.3 is 24.4 Å². The molecule has 1 aliphatic rings. The predicted octanol–water partition coefficient (Wildman–Crippen LogP) is 2.32. The highest BCUT2D eigenvalue weighted by atomic mass is 32.1. The number of nitrogens with zero attached hydrogens (tertiary/aromatic N) is 2. The minimum absolute atomic E-state index is 0.0739. The standard InChI is InChI=1S/C19H25N3O6S/c1-12(11-27-4)21-13(2)16(18(23)28-9-8-26-3)17(20-19(21)29)14-6-5-7-15(10-14)22(24)25/h5-7,10,12,17H,8-9,11H2,1-4H3,(H,20,29)/t12-,17+/m0/s1. The van der Waals surface area contributed by atoms with Crippen LogP contribution in [0.15, 0.2) is 35.5 Å². The van der Waals surface area contributed by atoms with Gasteiger partial charge in [0.05, 0.1) is 35.8 Å². The Kier molecular flexibility index (Phi) is 8.06. The largest absolute Gasteiger partial charge is 0.460 e. The second-order valence-corrected chi connectivity index (χ2v) is 6.92. The first-order valence-electron chi connectivity index (χ1n) is 9.01. The fourth-order valence-corrected chi connectivity index (χ4v) is 3.67. The summed E-state index contributed by atoms with van der Waals surface area (Å²) in [6.45, 7) is 4.44. The SMILES string of the molecule is COCCOC(=O)C1=C(C)N([C@@H](C)COC)C(=S)N[C@@H]1c1cccc([N+](=O)[O-])c1. The topological polar surface area (TPSA) is 103 Å². The van der Waals surface area contributed by atoms with Crippen LogP contribution in [0.3, 0.4) is 0 Å². The molecule has 0 fully saturated rings. The summed E-state index contributed by atoms with van der Waals surface area (Å²) < 4.78 is 15.5. The fourth-order valence-electron chi connectivity index (χ4n) is 3.23. The van der Waals surface area contributed by atoms with Crippen molar-refractivity contribution in [2.45, 2.75) is 25.9 Å². The van der Waals surface area contributed by atoms with E-state index in [-0.39, 0.29) is 24.9 Å². The van der Waals surface area contributed by atoms with Crippen molar-refractivity contribution < 1.29 is 23.9 Å². The number of carbonyl (C=O) groups is 1. The number of thiocarbonyl (C=S) groups is 1. The molecule has 0 saturated heterocycles. The lowest BCUT2D eigenvalue weighted by molar-refractivity contribution is -0.384. The first kappa shape index (κ1) is 22.7. The van der Waals surface area contributed by atoms with E-state index in [0.717, 1.165) is 0 Å². The van der Waals surface area contributed by atoms with Crippen molar-refractivity contribution in [1.82, 2.24) is 10.2 Å². The number of rotatable bonds is 9. The van der Waals surface area contributed by atoms with E-state index in [1.165, 1.54) is 19.2 Å². The van der Waals surface area contributed by atoms with E-state index < -0.39 is 16.9 Å². The summed E-state index contributed by atoms with van der Waals surface area (Å²) in [4.78, 5) is 25.4. The van der Waals surface area contributed by atoms with Crippen molar-refractivity contribution in [2.75, 3.05) is 34.0 Å². The number of ether oxygens (including phenoxy) is 3. The van der Waals surface area contributed by atoms with Gasteiger partial charge in [-0.2, -0.15) is 0 Å². The van der Waals surface area contributed by atoms with Crippen LogP contribution in [0.1, 0.15) is 25.5 Å². The minimum atomic E-state index is -0.677. The lowest BCUT2D eigenvalue weighted by Crippen LogP contribution is -2.52. The monoisotopic (exact) mass is 423 g/mol. The van der Waals surface area contributed by atoms with Crippen LogP contribution in [0.2, 0.25) is 0 Å². The van der Waals surface area contributed by atoms with Crippen LogP contribution < -0.4 is 5.32 Å². The molecule has 0 spiro atoms. The Hall–Kier alpha value is -2.56. The molecule has 0 saturated carbocycles. The Morgan fingerprint density at radius 1 is 1.34 bits per heavy atom. The summed E-state index contributed by atoms with van der Waals surface area (Å²) in [6, 6.07) is 5.28. The third-order valence-electron chi connectivity index (χ3n) is 4.53. The second kappa shape index (κ2) is 10.3. The smallest absolute Gasteiger partial charge is 0.338 e. The number of methoxy groups -OCH3 is 2. The Morgan fingerprint density at radius 3 is 2.69 bits per heavy atom. The molecule has 1 aliphatic heterocycles. The number of nitro groups is 1. The quantitative estimate of drug-likeness (QED) is 0.211. The second-order valence-electron chi connectivity index (χ2n) is 6.54. The molecule has 2 atom stereocenters. The van der Waals surface area contributed by atoms with E-state index in [9.17, 15) is 14.9 Å². The number of nitrogens with one attached hydrogen (secondary N) is 1. The summed E-state index contributed by atoms with van der Waals surface area (Å²) in [5.41, 5.74) is 1.41. The van der Waals surface area contributed by atoms with E-state index >= 15 is 0 Å².